The molecule has 4 aliphatic heterocycles. The highest BCUT2D eigenvalue weighted by Crippen LogP contribution is 2.28. The Labute approximate surface area is 177 Å². The molecule has 30 heavy (non-hydrogen) atoms. The van der Waals surface area contributed by atoms with Gasteiger partial charge in [-0.15, -0.1) is 0 Å². The van der Waals surface area contributed by atoms with Crippen LogP contribution >= 0.6 is 0 Å². The van der Waals surface area contributed by atoms with Gasteiger partial charge in [-0.1, -0.05) is 24.3 Å². The van der Waals surface area contributed by atoms with Gasteiger partial charge in [0.15, 0.2) is 0 Å². The first kappa shape index (κ1) is 19.9. The van der Waals surface area contributed by atoms with E-state index in [0.29, 0.717) is 38.2 Å². The molecule has 1 saturated carbocycles. The quantitative estimate of drug-likeness (QED) is 0.620. The Hall–Kier alpha value is -2.00. The molecule has 5 aliphatic rings. The molecule has 164 valence electrons. The molecule has 0 radical (unpaired) electrons. The molecule has 0 bridgehead atoms. The second-order valence-corrected chi connectivity index (χ2v) is 8.99. The van der Waals surface area contributed by atoms with Crippen LogP contribution in [0.5, 0.6) is 0 Å². The minimum Gasteiger partial charge on any atom is -0.379 e. The molecular weight excluding hydrogens is 384 g/mol. The molecular formula is C21H33N6O3+. The van der Waals surface area contributed by atoms with Crippen molar-refractivity contribution in [3.63, 3.8) is 0 Å². The van der Waals surface area contributed by atoms with Crippen molar-refractivity contribution in [3.8, 4) is 0 Å². The number of imide groups is 1. The predicted octanol–water partition coefficient (Wildman–Crippen LogP) is 0.400. The number of carbonyl (C=O) groups excluding carboxylic acids is 2. The van der Waals surface area contributed by atoms with Crippen LogP contribution in [0.15, 0.2) is 4.99 Å². The minimum absolute atomic E-state index is 0.120. The summed E-state index contributed by atoms with van der Waals surface area (Å²) in [6, 6.07) is -0.207. The van der Waals surface area contributed by atoms with Crippen LogP contribution in [0.25, 0.3) is 0 Å². The Morgan fingerprint density at radius 3 is 2.57 bits per heavy atom. The fourth-order valence-corrected chi connectivity index (χ4v) is 5.49. The molecule has 0 spiro atoms. The van der Waals surface area contributed by atoms with Crippen molar-refractivity contribution in [2.75, 3.05) is 59.5 Å². The lowest BCUT2D eigenvalue weighted by molar-refractivity contribution is -0.546. The first-order valence-electron chi connectivity index (χ1n) is 11.5. The summed E-state index contributed by atoms with van der Waals surface area (Å²) in [5.74, 6) is 1.40. The van der Waals surface area contributed by atoms with Crippen LogP contribution in [0.1, 0.15) is 38.5 Å². The summed E-state index contributed by atoms with van der Waals surface area (Å²) in [5, 5.41) is 0. The summed E-state index contributed by atoms with van der Waals surface area (Å²) < 4.78 is 7.55. The summed E-state index contributed by atoms with van der Waals surface area (Å²) in [4.78, 5) is 39.0. The summed E-state index contributed by atoms with van der Waals surface area (Å²) in [6.07, 6.45) is 7.26. The molecule has 2 saturated heterocycles. The first-order valence-corrected chi connectivity index (χ1v) is 11.5. The maximum absolute atomic E-state index is 13.5. The average Bonchev–Trinajstić information content (AvgIpc) is 3.19. The zero-order valence-corrected chi connectivity index (χ0v) is 18.0. The number of rotatable bonds is 4. The molecule has 0 aromatic rings. The number of likely N-dealkylation sites (N-methyl/N-ethyl adjacent to an activating group) is 1. The van der Waals surface area contributed by atoms with E-state index in [1.54, 1.807) is 11.9 Å². The molecule has 3 amide bonds. The van der Waals surface area contributed by atoms with Crippen LogP contribution in [-0.4, -0.2) is 120 Å². The first-order chi connectivity index (χ1) is 14.6. The number of hydrogen-bond acceptors (Lipinski definition) is 6. The highest BCUT2D eigenvalue weighted by molar-refractivity contribution is 6.22. The number of hydrogen-bond donors (Lipinski definition) is 0. The van der Waals surface area contributed by atoms with E-state index in [1.807, 2.05) is 0 Å². The smallest absolute Gasteiger partial charge is 0.379 e. The van der Waals surface area contributed by atoms with Crippen LogP contribution in [0.3, 0.4) is 0 Å². The number of nitrogens with zero attached hydrogens (tertiary/aromatic N) is 6. The van der Waals surface area contributed by atoms with Gasteiger partial charge in [0.05, 0.1) is 32.3 Å². The monoisotopic (exact) mass is 417 g/mol. The van der Waals surface area contributed by atoms with E-state index in [0.717, 1.165) is 38.6 Å². The van der Waals surface area contributed by atoms with E-state index in [2.05, 4.69) is 14.4 Å². The number of guanidine groups is 1. The highest BCUT2D eigenvalue weighted by Gasteiger charge is 2.54. The topological polar surface area (TPSA) is 71.7 Å². The maximum Gasteiger partial charge on any atom is 0.392 e. The van der Waals surface area contributed by atoms with Gasteiger partial charge in [-0.05, 0) is 12.8 Å². The Bertz CT molecular complexity index is 769. The molecule has 4 heterocycles. The van der Waals surface area contributed by atoms with Crippen molar-refractivity contribution < 1.29 is 18.9 Å². The van der Waals surface area contributed by atoms with Gasteiger partial charge in [-0.25, -0.2) is 9.37 Å². The van der Waals surface area contributed by atoms with Crippen LogP contribution in [0.4, 0.5) is 4.79 Å². The molecule has 5 rings (SSSR count). The van der Waals surface area contributed by atoms with Gasteiger partial charge in [0.25, 0.3) is 5.91 Å². The lowest BCUT2D eigenvalue weighted by Crippen LogP contribution is -2.64. The van der Waals surface area contributed by atoms with Crippen LogP contribution in [0.2, 0.25) is 0 Å². The lowest BCUT2D eigenvalue weighted by Gasteiger charge is -2.36. The van der Waals surface area contributed by atoms with Crippen molar-refractivity contribution in [2.45, 2.75) is 50.6 Å². The summed E-state index contributed by atoms with van der Waals surface area (Å²) in [6.45, 7) is 6.05. The Balaban J connectivity index is 1.36. The third-order valence-electron chi connectivity index (χ3n) is 7.20. The largest absolute Gasteiger partial charge is 0.392 e. The summed E-state index contributed by atoms with van der Waals surface area (Å²) in [5.41, 5.74) is 0. The fourth-order valence-electron chi connectivity index (χ4n) is 5.49. The number of ether oxygens (including phenoxy) is 1. The van der Waals surface area contributed by atoms with Crippen LogP contribution < -0.4 is 0 Å². The Morgan fingerprint density at radius 1 is 1.03 bits per heavy atom. The van der Waals surface area contributed by atoms with E-state index in [-0.39, 0.29) is 11.9 Å². The molecule has 3 fully saturated rings. The van der Waals surface area contributed by atoms with E-state index >= 15 is 0 Å². The van der Waals surface area contributed by atoms with Gasteiger partial charge in [-0.3, -0.25) is 24.4 Å². The molecule has 1 unspecified atom stereocenters. The normalized spacial score (nSPS) is 28.8. The Kier molecular flexibility index (Phi) is 5.49. The van der Waals surface area contributed by atoms with E-state index in [4.69, 9.17) is 9.73 Å². The summed E-state index contributed by atoms with van der Waals surface area (Å²) >= 11 is 0. The minimum atomic E-state index is -0.459. The zero-order chi connectivity index (χ0) is 20.7. The number of aliphatic imine (C=N–C) groups is 1. The van der Waals surface area contributed by atoms with E-state index < -0.39 is 6.04 Å². The number of amidine groups is 1. The van der Waals surface area contributed by atoms with Gasteiger partial charge >= 0.3 is 12.0 Å². The fraction of sp³-hybridized carbons (Fsp3) is 0.810. The van der Waals surface area contributed by atoms with Gasteiger partial charge in [0, 0.05) is 39.6 Å². The van der Waals surface area contributed by atoms with E-state index in [1.165, 1.54) is 37.0 Å². The number of morpholine rings is 1. The third-order valence-corrected chi connectivity index (χ3v) is 7.20. The second kappa shape index (κ2) is 8.26. The summed E-state index contributed by atoms with van der Waals surface area (Å²) in [7, 11) is 1.76. The lowest BCUT2D eigenvalue weighted by atomic mass is 9.94. The van der Waals surface area contributed by atoms with Crippen LogP contribution in [0, 0.1) is 0 Å². The Morgan fingerprint density at radius 2 is 1.80 bits per heavy atom. The molecule has 9 heteroatoms. The average molecular weight is 418 g/mol. The highest BCUT2D eigenvalue weighted by atomic mass is 16.5. The number of fused-ring (bicyclic) bond motifs is 2. The van der Waals surface area contributed by atoms with Crippen molar-refractivity contribution >= 4 is 23.7 Å². The van der Waals surface area contributed by atoms with Gasteiger partial charge in [0.1, 0.15) is 0 Å². The number of carbonyl (C=O) groups is 2. The molecule has 9 nitrogen and oxygen atoms in total. The van der Waals surface area contributed by atoms with Gasteiger partial charge < -0.3 is 4.74 Å². The van der Waals surface area contributed by atoms with Crippen molar-refractivity contribution in [1.29, 1.82) is 0 Å². The maximum atomic E-state index is 13.5. The molecule has 1 aliphatic carbocycles. The predicted molar refractivity (Wildman–Crippen MR) is 112 cm³/mol. The third kappa shape index (κ3) is 3.41. The van der Waals surface area contributed by atoms with Crippen LogP contribution in [-0.2, 0) is 9.53 Å². The SMILES string of the molecule is CN1C(=O)N(CCN2CCOCC2)C(=O)C2C1=NC1=[N+]2CCCN1C1CCCCC1. The number of amides is 3. The van der Waals surface area contributed by atoms with E-state index in [9.17, 15) is 9.59 Å². The van der Waals surface area contributed by atoms with Crippen molar-refractivity contribution in [1.82, 2.24) is 19.6 Å². The second-order valence-electron chi connectivity index (χ2n) is 8.99. The van der Waals surface area contributed by atoms with Crippen molar-refractivity contribution in [2.24, 2.45) is 4.99 Å². The number of urea groups is 1. The van der Waals surface area contributed by atoms with Gasteiger partial charge in [0.2, 0.25) is 11.9 Å². The molecule has 0 N–H and O–H groups in total. The molecule has 1 atom stereocenters. The zero-order valence-electron chi connectivity index (χ0n) is 18.0. The molecule has 0 aromatic carbocycles. The standard InChI is InChI=1S/C21H33N6O3/c1-23-18-17(19(28)27(21(23)29)11-10-24-12-14-30-15-13-24)26-9-5-8-25(20(26)22-18)16-6-3-2-4-7-16/h16-17H,2-15H2,1H3/q+1. The van der Waals surface area contributed by atoms with Gasteiger partial charge in [-0.2, -0.15) is 0 Å². The van der Waals surface area contributed by atoms with Crippen molar-refractivity contribution in [3.05, 3.63) is 0 Å². The molecule has 0 aromatic heterocycles.